The second-order valence-electron chi connectivity index (χ2n) is 6.05. The molecule has 124 valence electrons. The highest BCUT2D eigenvalue weighted by Crippen LogP contribution is 2.35. The number of aryl methyl sites for hydroxylation is 1. The lowest BCUT2D eigenvalue weighted by atomic mass is 9.92. The number of hydrogen-bond acceptors (Lipinski definition) is 5. The number of aromatic nitrogens is 1. The van der Waals surface area contributed by atoms with Gasteiger partial charge < -0.3 is 10.6 Å². The summed E-state index contributed by atoms with van der Waals surface area (Å²) in [5.74, 6) is 0.468. The minimum absolute atomic E-state index is 0.0826. The molecule has 1 fully saturated rings. The van der Waals surface area contributed by atoms with Gasteiger partial charge in [-0.3, -0.25) is 4.79 Å². The Bertz CT molecular complexity index is 710. The van der Waals surface area contributed by atoms with Crippen molar-refractivity contribution in [2.24, 2.45) is 11.7 Å². The average molecular weight is 370 g/mol. The maximum atomic E-state index is 12.9. The molecule has 3 rings (SSSR count). The molecular weight excluding hydrogens is 350 g/mol. The zero-order valence-electron chi connectivity index (χ0n) is 13.2. The summed E-state index contributed by atoms with van der Waals surface area (Å²) < 4.78 is 0.733. The molecule has 2 aromatic heterocycles. The molecule has 0 saturated carbocycles. The number of thiazole rings is 1. The van der Waals surface area contributed by atoms with Crippen LogP contribution < -0.4 is 5.73 Å². The van der Waals surface area contributed by atoms with Crippen LogP contribution in [0.25, 0.3) is 9.88 Å². The molecule has 0 unspecified atom stereocenters. The number of piperidine rings is 1. The monoisotopic (exact) mass is 369 g/mol. The topological polar surface area (TPSA) is 59.2 Å². The van der Waals surface area contributed by atoms with Crippen LogP contribution in [0, 0.1) is 12.8 Å². The van der Waals surface area contributed by atoms with Crippen LogP contribution in [0.1, 0.15) is 35.1 Å². The zero-order valence-corrected chi connectivity index (χ0v) is 15.6. The number of carbonyl (C=O) groups is 1. The summed E-state index contributed by atoms with van der Waals surface area (Å²) >= 11 is 8.94. The number of nitrogens with zero attached hydrogens (tertiary/aromatic N) is 2. The summed E-state index contributed by atoms with van der Waals surface area (Å²) in [6.07, 6.45) is 2.12. The lowest BCUT2D eigenvalue weighted by molar-refractivity contribution is 0.0665. The van der Waals surface area contributed by atoms with Crippen molar-refractivity contribution in [3.63, 3.8) is 0 Å². The SMILES string of the molecule is Cc1nc(-c2ccc(Cl)s2)sc1C(=O)N1CCC[C@H]([C@@H](C)N)C1. The fraction of sp³-hybridized carbons (Fsp3) is 0.500. The van der Waals surface area contributed by atoms with E-state index >= 15 is 0 Å². The lowest BCUT2D eigenvalue weighted by Crippen LogP contribution is -2.45. The number of amides is 1. The molecule has 7 heteroatoms. The molecule has 2 atom stereocenters. The van der Waals surface area contributed by atoms with E-state index in [9.17, 15) is 4.79 Å². The highest BCUT2D eigenvalue weighted by atomic mass is 35.5. The molecule has 2 N–H and O–H groups in total. The predicted octanol–water partition coefficient (Wildman–Crippen LogP) is 4.03. The molecule has 4 nitrogen and oxygen atoms in total. The van der Waals surface area contributed by atoms with Gasteiger partial charge in [-0.1, -0.05) is 11.6 Å². The number of rotatable bonds is 3. The minimum Gasteiger partial charge on any atom is -0.338 e. The van der Waals surface area contributed by atoms with Crippen LogP contribution in [0.2, 0.25) is 4.34 Å². The van der Waals surface area contributed by atoms with E-state index in [2.05, 4.69) is 4.98 Å². The van der Waals surface area contributed by atoms with Crippen LogP contribution >= 0.6 is 34.3 Å². The summed E-state index contributed by atoms with van der Waals surface area (Å²) in [6, 6.07) is 3.93. The summed E-state index contributed by atoms with van der Waals surface area (Å²) in [5.41, 5.74) is 6.82. The average Bonchev–Trinajstić information content (AvgIpc) is 3.12. The summed E-state index contributed by atoms with van der Waals surface area (Å²) in [4.78, 5) is 21.1. The van der Waals surface area contributed by atoms with Crippen LogP contribution in [-0.2, 0) is 0 Å². The first-order valence-electron chi connectivity index (χ1n) is 7.73. The van der Waals surface area contributed by atoms with Crippen molar-refractivity contribution in [1.82, 2.24) is 9.88 Å². The van der Waals surface area contributed by atoms with Gasteiger partial charge >= 0.3 is 0 Å². The molecule has 1 aliphatic rings. The molecule has 0 radical (unpaired) electrons. The molecule has 0 aliphatic carbocycles. The van der Waals surface area contributed by atoms with Crippen molar-refractivity contribution < 1.29 is 4.79 Å². The lowest BCUT2D eigenvalue weighted by Gasteiger charge is -2.34. The molecule has 3 heterocycles. The van der Waals surface area contributed by atoms with E-state index < -0.39 is 0 Å². The van der Waals surface area contributed by atoms with E-state index in [0.717, 1.165) is 50.7 Å². The largest absolute Gasteiger partial charge is 0.338 e. The van der Waals surface area contributed by atoms with Gasteiger partial charge in [0.05, 0.1) is 14.9 Å². The normalized spacial score (nSPS) is 19.8. The van der Waals surface area contributed by atoms with Crippen molar-refractivity contribution in [3.05, 3.63) is 27.0 Å². The van der Waals surface area contributed by atoms with Crippen molar-refractivity contribution in [2.75, 3.05) is 13.1 Å². The number of hydrogen-bond donors (Lipinski definition) is 1. The fourth-order valence-electron chi connectivity index (χ4n) is 2.90. The molecule has 0 bridgehead atoms. The first kappa shape index (κ1) is 16.9. The first-order valence-corrected chi connectivity index (χ1v) is 9.75. The Kier molecular flexibility index (Phi) is 5.06. The van der Waals surface area contributed by atoms with Gasteiger partial charge in [0.25, 0.3) is 5.91 Å². The molecule has 1 aliphatic heterocycles. The van der Waals surface area contributed by atoms with Gasteiger partial charge in [-0.15, -0.1) is 22.7 Å². The zero-order chi connectivity index (χ0) is 16.6. The number of nitrogens with two attached hydrogens (primary N) is 1. The second kappa shape index (κ2) is 6.89. The van der Waals surface area contributed by atoms with E-state index in [1.165, 1.54) is 22.7 Å². The van der Waals surface area contributed by atoms with E-state index in [1.54, 1.807) is 0 Å². The standard InChI is InChI=1S/C16H20ClN3OS2/c1-9(18)11-4-3-7-20(8-11)16(21)14-10(2)19-15(23-14)12-5-6-13(17)22-12/h5-6,9,11H,3-4,7-8,18H2,1-2H3/t9-,11+/m1/s1. The highest BCUT2D eigenvalue weighted by molar-refractivity contribution is 7.24. The van der Waals surface area contributed by atoms with Gasteiger partial charge in [0.2, 0.25) is 0 Å². The Morgan fingerprint density at radius 1 is 1.48 bits per heavy atom. The molecular formula is C16H20ClN3OS2. The van der Waals surface area contributed by atoms with Gasteiger partial charge in [0.15, 0.2) is 0 Å². The molecule has 1 saturated heterocycles. The number of halogens is 1. The van der Waals surface area contributed by atoms with Gasteiger partial charge in [-0.05, 0) is 44.7 Å². The summed E-state index contributed by atoms with van der Waals surface area (Å²) in [5, 5.41) is 0.864. The molecule has 0 spiro atoms. The van der Waals surface area contributed by atoms with Crippen LogP contribution in [0.15, 0.2) is 12.1 Å². The minimum atomic E-state index is 0.0826. The molecule has 2 aromatic rings. The summed E-state index contributed by atoms with van der Waals surface area (Å²) in [6.45, 7) is 5.47. The number of thiophene rings is 1. The Balaban J connectivity index is 1.81. The number of carbonyl (C=O) groups excluding carboxylic acids is 1. The third-order valence-corrected chi connectivity index (χ3v) is 6.81. The van der Waals surface area contributed by atoms with E-state index in [4.69, 9.17) is 17.3 Å². The van der Waals surface area contributed by atoms with Crippen LogP contribution in [0.3, 0.4) is 0 Å². The van der Waals surface area contributed by atoms with Crippen molar-refractivity contribution in [1.29, 1.82) is 0 Å². The molecule has 23 heavy (non-hydrogen) atoms. The Hall–Kier alpha value is -0.950. The number of likely N-dealkylation sites (tertiary alicyclic amines) is 1. The van der Waals surface area contributed by atoms with Gasteiger partial charge in [-0.2, -0.15) is 0 Å². The first-order chi connectivity index (χ1) is 11.0. The van der Waals surface area contributed by atoms with E-state index in [0.29, 0.717) is 5.92 Å². The second-order valence-corrected chi connectivity index (χ2v) is 8.76. The smallest absolute Gasteiger partial charge is 0.265 e. The maximum Gasteiger partial charge on any atom is 0.265 e. The predicted molar refractivity (Wildman–Crippen MR) is 97.5 cm³/mol. The van der Waals surface area contributed by atoms with Gasteiger partial charge in [-0.25, -0.2) is 4.98 Å². The fourth-order valence-corrected chi connectivity index (χ4v) is 5.03. The Labute approximate surface area is 149 Å². The Morgan fingerprint density at radius 2 is 2.26 bits per heavy atom. The quantitative estimate of drug-likeness (QED) is 0.888. The van der Waals surface area contributed by atoms with Crippen molar-refractivity contribution >= 4 is 40.2 Å². The molecule has 1 amide bonds. The third kappa shape index (κ3) is 3.60. The molecule has 0 aromatic carbocycles. The van der Waals surface area contributed by atoms with Crippen LogP contribution in [0.4, 0.5) is 0 Å². The van der Waals surface area contributed by atoms with Gasteiger partial charge in [0.1, 0.15) is 9.88 Å². The van der Waals surface area contributed by atoms with E-state index in [1.807, 2.05) is 30.9 Å². The Morgan fingerprint density at radius 3 is 2.91 bits per heavy atom. The van der Waals surface area contributed by atoms with E-state index in [-0.39, 0.29) is 11.9 Å². The van der Waals surface area contributed by atoms with Crippen LogP contribution in [-0.4, -0.2) is 34.9 Å². The van der Waals surface area contributed by atoms with Crippen LogP contribution in [0.5, 0.6) is 0 Å². The third-order valence-electron chi connectivity index (χ3n) is 4.26. The maximum absolute atomic E-state index is 12.9. The van der Waals surface area contributed by atoms with Crippen molar-refractivity contribution in [2.45, 2.75) is 32.7 Å². The summed E-state index contributed by atoms with van der Waals surface area (Å²) in [7, 11) is 0. The highest BCUT2D eigenvalue weighted by Gasteiger charge is 2.28. The van der Waals surface area contributed by atoms with Crippen molar-refractivity contribution in [3.8, 4) is 9.88 Å². The van der Waals surface area contributed by atoms with Gasteiger partial charge in [0, 0.05) is 19.1 Å².